The average molecular weight is 327 g/mol. The molecule has 1 aliphatic heterocycles. The Kier molecular flexibility index (Phi) is 5.25. The zero-order chi connectivity index (χ0) is 13.8. The minimum Gasteiger partial charge on any atom is -0.497 e. The highest BCUT2D eigenvalue weighted by molar-refractivity contribution is 9.10. The molecule has 1 saturated heterocycles. The van der Waals surface area contributed by atoms with Crippen LogP contribution >= 0.6 is 15.9 Å². The van der Waals surface area contributed by atoms with Gasteiger partial charge >= 0.3 is 0 Å². The smallest absolute Gasteiger partial charge is 0.119 e. The van der Waals surface area contributed by atoms with Gasteiger partial charge in [0.1, 0.15) is 5.75 Å². The molecule has 1 fully saturated rings. The van der Waals surface area contributed by atoms with Crippen molar-refractivity contribution in [3.05, 3.63) is 28.2 Å². The molecule has 0 saturated carbocycles. The molecule has 106 valence electrons. The number of hydrogen-bond donors (Lipinski definition) is 1. The summed E-state index contributed by atoms with van der Waals surface area (Å²) < 4.78 is 6.44. The van der Waals surface area contributed by atoms with Gasteiger partial charge in [-0.05, 0) is 55.6 Å². The fourth-order valence-electron chi connectivity index (χ4n) is 2.72. The van der Waals surface area contributed by atoms with Gasteiger partial charge in [0.2, 0.25) is 0 Å². The Hall–Kier alpha value is -0.580. The SMILES string of the molecule is COc1ccc(Br)c(C(CN)N2CCC(C)CC2)c1. The minimum atomic E-state index is 0.275. The van der Waals surface area contributed by atoms with E-state index in [1.165, 1.54) is 18.4 Å². The van der Waals surface area contributed by atoms with Crippen LogP contribution in [0.4, 0.5) is 0 Å². The van der Waals surface area contributed by atoms with Crippen LogP contribution in [0, 0.1) is 5.92 Å². The van der Waals surface area contributed by atoms with Gasteiger partial charge in [0, 0.05) is 17.1 Å². The monoisotopic (exact) mass is 326 g/mol. The number of likely N-dealkylation sites (tertiary alicyclic amines) is 1. The lowest BCUT2D eigenvalue weighted by Gasteiger charge is -2.36. The van der Waals surface area contributed by atoms with Gasteiger partial charge in [0.15, 0.2) is 0 Å². The van der Waals surface area contributed by atoms with Gasteiger partial charge in [-0.1, -0.05) is 22.9 Å². The van der Waals surface area contributed by atoms with Gasteiger partial charge in [-0.15, -0.1) is 0 Å². The van der Waals surface area contributed by atoms with E-state index in [2.05, 4.69) is 33.8 Å². The Balaban J connectivity index is 2.21. The van der Waals surface area contributed by atoms with Crippen LogP contribution in [-0.2, 0) is 0 Å². The Morgan fingerprint density at radius 1 is 1.42 bits per heavy atom. The first-order valence-corrected chi connectivity index (χ1v) is 7.72. The van der Waals surface area contributed by atoms with E-state index in [0.29, 0.717) is 6.54 Å². The summed E-state index contributed by atoms with van der Waals surface area (Å²) in [7, 11) is 1.70. The number of nitrogens with two attached hydrogens (primary N) is 1. The van der Waals surface area contributed by atoms with Crippen LogP contribution in [0.25, 0.3) is 0 Å². The Bertz CT molecular complexity index is 417. The predicted molar refractivity (Wildman–Crippen MR) is 82.5 cm³/mol. The zero-order valence-corrected chi connectivity index (χ0v) is 13.3. The van der Waals surface area contributed by atoms with Gasteiger partial charge in [-0.2, -0.15) is 0 Å². The van der Waals surface area contributed by atoms with Crippen molar-refractivity contribution in [1.82, 2.24) is 4.90 Å². The summed E-state index contributed by atoms with van der Waals surface area (Å²) in [5, 5.41) is 0. The maximum absolute atomic E-state index is 6.03. The maximum atomic E-state index is 6.03. The van der Waals surface area contributed by atoms with E-state index in [4.69, 9.17) is 10.5 Å². The third-order valence-corrected chi connectivity index (χ3v) is 4.77. The van der Waals surface area contributed by atoms with E-state index in [0.717, 1.165) is 29.2 Å². The molecule has 0 aliphatic carbocycles. The van der Waals surface area contributed by atoms with Crippen molar-refractivity contribution in [2.75, 3.05) is 26.7 Å². The second kappa shape index (κ2) is 6.73. The molecule has 1 atom stereocenters. The number of ether oxygens (including phenoxy) is 1. The molecule has 0 spiro atoms. The van der Waals surface area contributed by atoms with Gasteiger partial charge in [0.05, 0.1) is 7.11 Å². The van der Waals surface area contributed by atoms with Crippen molar-refractivity contribution in [2.24, 2.45) is 11.7 Å². The van der Waals surface area contributed by atoms with Crippen LogP contribution in [0.5, 0.6) is 5.75 Å². The third-order valence-electron chi connectivity index (χ3n) is 4.04. The first kappa shape index (κ1) is 14.8. The molecule has 0 amide bonds. The number of methoxy groups -OCH3 is 1. The molecule has 2 N–H and O–H groups in total. The van der Waals surface area contributed by atoms with Gasteiger partial charge in [0.25, 0.3) is 0 Å². The summed E-state index contributed by atoms with van der Waals surface area (Å²) in [6.07, 6.45) is 2.52. The van der Waals surface area contributed by atoms with Crippen molar-refractivity contribution in [2.45, 2.75) is 25.8 Å². The van der Waals surface area contributed by atoms with Crippen molar-refractivity contribution in [3.8, 4) is 5.75 Å². The van der Waals surface area contributed by atoms with Gasteiger partial charge < -0.3 is 10.5 Å². The highest BCUT2D eigenvalue weighted by Crippen LogP contribution is 2.32. The van der Waals surface area contributed by atoms with Crippen molar-refractivity contribution >= 4 is 15.9 Å². The molecule has 1 aliphatic rings. The Labute approximate surface area is 124 Å². The van der Waals surface area contributed by atoms with E-state index in [-0.39, 0.29) is 6.04 Å². The predicted octanol–water partition coefficient (Wildman–Crippen LogP) is 3.19. The fraction of sp³-hybridized carbons (Fsp3) is 0.600. The number of benzene rings is 1. The molecule has 2 rings (SSSR count). The number of halogens is 1. The van der Waals surface area contributed by atoms with E-state index in [1.807, 2.05) is 12.1 Å². The number of nitrogens with zero attached hydrogens (tertiary/aromatic N) is 1. The van der Waals surface area contributed by atoms with Gasteiger partial charge in [-0.3, -0.25) is 4.90 Å². The first-order valence-electron chi connectivity index (χ1n) is 6.93. The van der Waals surface area contributed by atoms with Crippen molar-refractivity contribution in [3.63, 3.8) is 0 Å². The summed E-state index contributed by atoms with van der Waals surface area (Å²) in [4.78, 5) is 2.50. The van der Waals surface area contributed by atoms with Crippen LogP contribution in [-0.4, -0.2) is 31.6 Å². The summed E-state index contributed by atoms with van der Waals surface area (Å²) >= 11 is 3.64. The lowest BCUT2D eigenvalue weighted by atomic mass is 9.95. The highest BCUT2D eigenvalue weighted by Gasteiger charge is 2.25. The zero-order valence-electron chi connectivity index (χ0n) is 11.7. The van der Waals surface area contributed by atoms with Crippen LogP contribution in [0.3, 0.4) is 0 Å². The molecule has 4 heteroatoms. The van der Waals surface area contributed by atoms with E-state index >= 15 is 0 Å². The normalized spacial score (nSPS) is 19.4. The molecule has 3 nitrogen and oxygen atoms in total. The summed E-state index contributed by atoms with van der Waals surface area (Å²) in [5.41, 5.74) is 7.26. The van der Waals surface area contributed by atoms with Crippen LogP contribution in [0.2, 0.25) is 0 Å². The largest absolute Gasteiger partial charge is 0.497 e. The summed E-state index contributed by atoms with van der Waals surface area (Å²) in [6.45, 7) is 5.23. The molecule has 0 aromatic heterocycles. The van der Waals surface area contributed by atoms with Gasteiger partial charge in [-0.25, -0.2) is 0 Å². The van der Waals surface area contributed by atoms with Crippen LogP contribution in [0.15, 0.2) is 22.7 Å². The number of hydrogen-bond acceptors (Lipinski definition) is 3. The maximum Gasteiger partial charge on any atom is 0.119 e. The van der Waals surface area contributed by atoms with Crippen molar-refractivity contribution in [1.29, 1.82) is 0 Å². The van der Waals surface area contributed by atoms with Crippen LogP contribution in [0.1, 0.15) is 31.4 Å². The van der Waals surface area contributed by atoms with E-state index in [1.54, 1.807) is 7.11 Å². The molecule has 1 heterocycles. The quantitative estimate of drug-likeness (QED) is 0.923. The molecular weight excluding hydrogens is 304 g/mol. The average Bonchev–Trinajstić information content (AvgIpc) is 2.43. The van der Waals surface area contributed by atoms with Crippen LogP contribution < -0.4 is 10.5 Å². The molecule has 0 bridgehead atoms. The number of rotatable bonds is 4. The Morgan fingerprint density at radius 3 is 2.68 bits per heavy atom. The van der Waals surface area contributed by atoms with E-state index < -0.39 is 0 Å². The summed E-state index contributed by atoms with van der Waals surface area (Å²) in [5.74, 6) is 1.73. The van der Waals surface area contributed by atoms with E-state index in [9.17, 15) is 0 Å². The molecule has 1 aromatic rings. The molecule has 19 heavy (non-hydrogen) atoms. The Morgan fingerprint density at radius 2 is 2.11 bits per heavy atom. The third kappa shape index (κ3) is 3.50. The highest BCUT2D eigenvalue weighted by atomic mass is 79.9. The molecule has 0 radical (unpaired) electrons. The molecular formula is C15H23BrN2O. The summed E-state index contributed by atoms with van der Waals surface area (Å²) in [6, 6.07) is 6.39. The molecule has 1 aromatic carbocycles. The standard InChI is InChI=1S/C15H23BrN2O/c1-11-5-7-18(8-6-11)15(10-17)13-9-12(19-2)3-4-14(13)16/h3-4,9,11,15H,5-8,10,17H2,1-2H3. The number of piperidine rings is 1. The fourth-order valence-corrected chi connectivity index (χ4v) is 3.23. The first-order chi connectivity index (χ1) is 9.15. The molecule has 1 unspecified atom stereocenters. The van der Waals surface area contributed by atoms with Crippen molar-refractivity contribution < 1.29 is 4.74 Å². The second-order valence-corrected chi connectivity index (χ2v) is 6.21. The topological polar surface area (TPSA) is 38.5 Å². The lowest BCUT2D eigenvalue weighted by Crippen LogP contribution is -2.39. The second-order valence-electron chi connectivity index (χ2n) is 5.36. The lowest BCUT2D eigenvalue weighted by molar-refractivity contribution is 0.140. The minimum absolute atomic E-state index is 0.275.